The maximum absolute atomic E-state index is 5.65. The Morgan fingerprint density at radius 1 is 1.05 bits per heavy atom. The smallest absolute Gasteiger partial charge is 0.119 e. The number of anilines is 1. The normalized spacial score (nSPS) is 11.0. The summed E-state index contributed by atoms with van der Waals surface area (Å²) in [7, 11) is 0. The van der Waals surface area contributed by atoms with Crippen molar-refractivity contribution < 1.29 is 4.74 Å². The first-order valence-electron chi connectivity index (χ1n) is 7.28. The van der Waals surface area contributed by atoms with Crippen LogP contribution in [-0.2, 0) is 6.54 Å². The van der Waals surface area contributed by atoms with Crippen molar-refractivity contribution in [3.63, 3.8) is 0 Å². The molecule has 3 rings (SSSR count). The Balaban J connectivity index is 1.68. The fourth-order valence-electron chi connectivity index (χ4n) is 2.43. The number of benzene rings is 2. The number of aromatic nitrogens is 1. The summed E-state index contributed by atoms with van der Waals surface area (Å²) in [6.45, 7) is 4.87. The molecular formula is C18H20N2O. The van der Waals surface area contributed by atoms with Gasteiger partial charge in [0.1, 0.15) is 5.75 Å². The van der Waals surface area contributed by atoms with E-state index < -0.39 is 0 Å². The molecule has 108 valence electrons. The quantitative estimate of drug-likeness (QED) is 0.718. The lowest BCUT2D eigenvalue weighted by Crippen LogP contribution is -2.05. The number of ether oxygens (including phenoxy) is 1. The minimum atomic E-state index is 0.204. The summed E-state index contributed by atoms with van der Waals surface area (Å²) in [6.07, 6.45) is 2.18. The largest absolute Gasteiger partial charge is 0.491 e. The third-order valence-corrected chi connectivity index (χ3v) is 3.39. The zero-order chi connectivity index (χ0) is 14.7. The molecule has 0 radical (unpaired) electrons. The minimum Gasteiger partial charge on any atom is -0.491 e. The molecule has 3 aromatic rings. The van der Waals surface area contributed by atoms with Gasteiger partial charge in [0, 0.05) is 29.3 Å². The lowest BCUT2D eigenvalue weighted by Gasteiger charge is -2.11. The lowest BCUT2D eigenvalue weighted by atomic mass is 10.1. The average Bonchev–Trinajstić information content (AvgIpc) is 2.95. The summed E-state index contributed by atoms with van der Waals surface area (Å²) >= 11 is 0. The molecule has 21 heavy (non-hydrogen) atoms. The Morgan fingerprint density at radius 2 is 1.86 bits per heavy atom. The highest BCUT2D eigenvalue weighted by atomic mass is 16.5. The van der Waals surface area contributed by atoms with Crippen LogP contribution in [0.2, 0.25) is 0 Å². The highest BCUT2D eigenvalue weighted by Crippen LogP contribution is 2.20. The Bertz CT molecular complexity index is 713. The van der Waals surface area contributed by atoms with Crippen LogP contribution in [0.25, 0.3) is 10.9 Å². The topological polar surface area (TPSA) is 37.0 Å². The Morgan fingerprint density at radius 3 is 2.62 bits per heavy atom. The van der Waals surface area contributed by atoms with Crippen LogP contribution in [0.5, 0.6) is 5.75 Å². The van der Waals surface area contributed by atoms with Gasteiger partial charge in [-0.15, -0.1) is 0 Å². The predicted octanol–water partition coefficient (Wildman–Crippen LogP) is 4.57. The highest BCUT2D eigenvalue weighted by molar-refractivity contribution is 5.83. The first kappa shape index (κ1) is 13.6. The van der Waals surface area contributed by atoms with Crippen LogP contribution in [0, 0.1) is 0 Å². The molecule has 0 atom stereocenters. The fourth-order valence-corrected chi connectivity index (χ4v) is 2.43. The van der Waals surface area contributed by atoms with Crippen molar-refractivity contribution in [2.75, 3.05) is 5.32 Å². The standard InChI is InChI=1S/C18H20N2O/c1-13(2)21-16-8-6-15(7-9-16)20-12-14-4-3-5-18-17(14)10-11-19-18/h3-11,13,19-20H,12H2,1-2H3. The number of nitrogens with one attached hydrogen (secondary N) is 2. The summed E-state index contributed by atoms with van der Waals surface area (Å²) in [6, 6.07) is 16.5. The van der Waals surface area contributed by atoms with Gasteiger partial charge in [-0.1, -0.05) is 12.1 Å². The van der Waals surface area contributed by atoms with Gasteiger partial charge in [0.25, 0.3) is 0 Å². The van der Waals surface area contributed by atoms with Crippen LogP contribution in [0.1, 0.15) is 19.4 Å². The number of H-pyrrole nitrogens is 1. The van der Waals surface area contributed by atoms with E-state index in [0.29, 0.717) is 0 Å². The van der Waals surface area contributed by atoms with Gasteiger partial charge < -0.3 is 15.0 Å². The maximum atomic E-state index is 5.65. The number of aromatic amines is 1. The van der Waals surface area contributed by atoms with E-state index in [1.54, 1.807) is 0 Å². The second-order valence-corrected chi connectivity index (χ2v) is 5.40. The summed E-state index contributed by atoms with van der Waals surface area (Å²) < 4.78 is 5.65. The molecule has 0 aliphatic rings. The SMILES string of the molecule is CC(C)Oc1ccc(NCc2cccc3[nH]ccc23)cc1. The lowest BCUT2D eigenvalue weighted by molar-refractivity contribution is 0.242. The van der Waals surface area contributed by atoms with Crippen molar-refractivity contribution in [1.82, 2.24) is 4.98 Å². The number of hydrogen-bond acceptors (Lipinski definition) is 2. The Labute approximate surface area is 125 Å². The number of hydrogen-bond donors (Lipinski definition) is 2. The van der Waals surface area contributed by atoms with E-state index in [1.807, 2.05) is 32.2 Å². The molecule has 0 saturated heterocycles. The first-order valence-corrected chi connectivity index (χ1v) is 7.28. The average molecular weight is 280 g/mol. The van der Waals surface area contributed by atoms with Crippen molar-refractivity contribution in [1.29, 1.82) is 0 Å². The molecule has 0 spiro atoms. The third kappa shape index (κ3) is 3.19. The molecule has 1 heterocycles. The molecular weight excluding hydrogens is 260 g/mol. The Kier molecular flexibility index (Phi) is 3.82. The Hall–Kier alpha value is -2.42. The fraction of sp³-hybridized carbons (Fsp3) is 0.222. The zero-order valence-corrected chi connectivity index (χ0v) is 12.4. The van der Waals surface area contributed by atoms with Crippen molar-refractivity contribution in [2.45, 2.75) is 26.5 Å². The van der Waals surface area contributed by atoms with Crippen LogP contribution in [0.3, 0.4) is 0 Å². The van der Waals surface area contributed by atoms with Gasteiger partial charge in [-0.25, -0.2) is 0 Å². The first-order chi connectivity index (χ1) is 10.2. The molecule has 2 aromatic carbocycles. The van der Waals surface area contributed by atoms with Gasteiger partial charge >= 0.3 is 0 Å². The van der Waals surface area contributed by atoms with Crippen LogP contribution in [0.15, 0.2) is 54.7 Å². The summed E-state index contributed by atoms with van der Waals surface area (Å²) in [5.74, 6) is 0.906. The molecule has 0 amide bonds. The summed E-state index contributed by atoms with van der Waals surface area (Å²) in [5, 5.41) is 4.72. The molecule has 0 unspecified atom stereocenters. The summed E-state index contributed by atoms with van der Waals surface area (Å²) in [4.78, 5) is 3.24. The van der Waals surface area contributed by atoms with E-state index in [1.165, 1.54) is 16.5 Å². The van der Waals surface area contributed by atoms with Crippen molar-refractivity contribution >= 4 is 16.6 Å². The van der Waals surface area contributed by atoms with Crippen LogP contribution < -0.4 is 10.1 Å². The monoisotopic (exact) mass is 280 g/mol. The molecule has 2 N–H and O–H groups in total. The van der Waals surface area contributed by atoms with E-state index in [2.05, 4.69) is 46.7 Å². The van der Waals surface area contributed by atoms with Gasteiger partial charge in [-0.05, 0) is 55.8 Å². The molecule has 0 saturated carbocycles. The van der Waals surface area contributed by atoms with E-state index in [4.69, 9.17) is 4.74 Å². The van der Waals surface area contributed by atoms with E-state index in [-0.39, 0.29) is 6.10 Å². The van der Waals surface area contributed by atoms with Crippen LogP contribution in [0.4, 0.5) is 5.69 Å². The summed E-state index contributed by atoms with van der Waals surface area (Å²) in [5.41, 5.74) is 3.56. The van der Waals surface area contributed by atoms with Crippen LogP contribution in [-0.4, -0.2) is 11.1 Å². The molecule has 0 bridgehead atoms. The van der Waals surface area contributed by atoms with Gasteiger partial charge in [0.05, 0.1) is 6.10 Å². The van der Waals surface area contributed by atoms with E-state index >= 15 is 0 Å². The molecule has 0 aliphatic carbocycles. The van der Waals surface area contributed by atoms with Gasteiger partial charge in [-0.3, -0.25) is 0 Å². The van der Waals surface area contributed by atoms with Crippen LogP contribution >= 0.6 is 0 Å². The highest BCUT2D eigenvalue weighted by Gasteiger charge is 2.02. The van der Waals surface area contributed by atoms with Gasteiger partial charge in [0.2, 0.25) is 0 Å². The molecule has 3 heteroatoms. The van der Waals surface area contributed by atoms with Crippen molar-refractivity contribution in [3.05, 3.63) is 60.3 Å². The molecule has 0 aliphatic heterocycles. The number of rotatable bonds is 5. The molecule has 1 aromatic heterocycles. The molecule has 0 fully saturated rings. The van der Waals surface area contributed by atoms with E-state index in [0.717, 1.165) is 18.0 Å². The number of fused-ring (bicyclic) bond motifs is 1. The second kappa shape index (κ2) is 5.92. The molecule has 3 nitrogen and oxygen atoms in total. The van der Waals surface area contributed by atoms with Crippen molar-refractivity contribution in [2.24, 2.45) is 0 Å². The van der Waals surface area contributed by atoms with E-state index in [9.17, 15) is 0 Å². The van der Waals surface area contributed by atoms with Gasteiger partial charge in [0.15, 0.2) is 0 Å². The predicted molar refractivity (Wildman–Crippen MR) is 87.8 cm³/mol. The van der Waals surface area contributed by atoms with Crippen molar-refractivity contribution in [3.8, 4) is 5.75 Å². The zero-order valence-electron chi connectivity index (χ0n) is 12.4. The maximum Gasteiger partial charge on any atom is 0.119 e. The third-order valence-electron chi connectivity index (χ3n) is 3.39. The minimum absolute atomic E-state index is 0.204. The second-order valence-electron chi connectivity index (χ2n) is 5.40. The van der Waals surface area contributed by atoms with Gasteiger partial charge in [-0.2, -0.15) is 0 Å².